The number of amides is 1. The molecule has 0 saturated heterocycles. The Morgan fingerprint density at radius 2 is 2.11 bits per heavy atom. The van der Waals surface area contributed by atoms with Gasteiger partial charge in [0.15, 0.2) is 0 Å². The number of carbonyl (C=O) groups is 1. The summed E-state index contributed by atoms with van der Waals surface area (Å²) >= 11 is 0. The number of hydrogen-bond donors (Lipinski definition) is 1. The third-order valence-electron chi connectivity index (χ3n) is 3.72. The summed E-state index contributed by atoms with van der Waals surface area (Å²) in [6, 6.07) is 4.01. The summed E-state index contributed by atoms with van der Waals surface area (Å²) in [7, 11) is 1.89. The summed E-state index contributed by atoms with van der Waals surface area (Å²) < 4.78 is 0. The summed E-state index contributed by atoms with van der Waals surface area (Å²) in [6.45, 7) is 0.458. The summed E-state index contributed by atoms with van der Waals surface area (Å²) in [5.74, 6) is 0.0190. The van der Waals surface area contributed by atoms with Gasteiger partial charge in [0.05, 0.1) is 0 Å². The van der Waals surface area contributed by atoms with Gasteiger partial charge in [0.25, 0.3) is 5.91 Å². The predicted octanol–water partition coefficient (Wildman–Crippen LogP) is 1.94. The topological polar surface area (TPSA) is 59.2 Å². The average Bonchev–Trinajstić information content (AvgIpc) is 2.47. The van der Waals surface area contributed by atoms with E-state index in [2.05, 4.69) is 4.98 Å². The molecule has 1 aromatic heterocycles. The molecule has 1 aliphatic rings. The molecule has 0 unspecified atom stereocenters. The van der Waals surface area contributed by atoms with Crippen molar-refractivity contribution in [1.29, 1.82) is 0 Å². The van der Waals surface area contributed by atoms with Crippen LogP contribution >= 0.6 is 0 Å². The Morgan fingerprint density at radius 3 is 2.67 bits per heavy atom. The van der Waals surface area contributed by atoms with E-state index in [9.17, 15) is 4.79 Å². The number of hydrogen-bond acceptors (Lipinski definition) is 3. The maximum absolute atomic E-state index is 12.3. The van der Waals surface area contributed by atoms with E-state index in [4.69, 9.17) is 5.73 Å². The first-order valence-electron chi connectivity index (χ1n) is 6.64. The van der Waals surface area contributed by atoms with E-state index in [1.807, 2.05) is 18.0 Å². The highest BCUT2D eigenvalue weighted by Crippen LogP contribution is 2.22. The Kier molecular flexibility index (Phi) is 4.31. The first-order chi connectivity index (χ1) is 8.72. The Bertz CT molecular complexity index is 396. The van der Waals surface area contributed by atoms with Crippen molar-refractivity contribution in [3.63, 3.8) is 0 Å². The van der Waals surface area contributed by atoms with Crippen LogP contribution in [0, 0.1) is 0 Å². The molecular weight excluding hydrogens is 226 g/mol. The fourth-order valence-electron chi connectivity index (χ4n) is 2.49. The van der Waals surface area contributed by atoms with Gasteiger partial charge in [-0.25, -0.2) is 0 Å². The van der Waals surface area contributed by atoms with Crippen LogP contribution in [0.15, 0.2) is 18.3 Å². The second-order valence-electron chi connectivity index (χ2n) is 4.96. The van der Waals surface area contributed by atoms with E-state index < -0.39 is 0 Å². The van der Waals surface area contributed by atoms with Crippen molar-refractivity contribution in [2.75, 3.05) is 7.05 Å². The SMILES string of the molecule is CN(C(=O)c1ccc(CN)cn1)C1CCCCC1. The lowest BCUT2D eigenvalue weighted by atomic mass is 9.94. The maximum atomic E-state index is 12.3. The second-order valence-corrected chi connectivity index (χ2v) is 4.96. The first kappa shape index (κ1) is 13.0. The molecule has 4 nitrogen and oxygen atoms in total. The average molecular weight is 247 g/mol. The summed E-state index contributed by atoms with van der Waals surface area (Å²) in [4.78, 5) is 18.3. The molecule has 0 radical (unpaired) electrons. The Balaban J connectivity index is 2.04. The van der Waals surface area contributed by atoms with Gasteiger partial charge in [-0.1, -0.05) is 25.3 Å². The third kappa shape index (κ3) is 2.88. The van der Waals surface area contributed by atoms with Crippen molar-refractivity contribution < 1.29 is 4.79 Å². The van der Waals surface area contributed by atoms with Crippen LogP contribution < -0.4 is 5.73 Å². The van der Waals surface area contributed by atoms with Gasteiger partial charge in [0.2, 0.25) is 0 Å². The van der Waals surface area contributed by atoms with Gasteiger partial charge in [-0.15, -0.1) is 0 Å². The Morgan fingerprint density at radius 1 is 1.39 bits per heavy atom. The Labute approximate surface area is 108 Å². The highest BCUT2D eigenvalue weighted by molar-refractivity contribution is 5.92. The van der Waals surface area contributed by atoms with Crippen LogP contribution in [0.5, 0.6) is 0 Å². The largest absolute Gasteiger partial charge is 0.337 e. The molecule has 0 aromatic carbocycles. The summed E-state index contributed by atoms with van der Waals surface area (Å²) in [5, 5.41) is 0. The molecule has 2 rings (SSSR count). The zero-order chi connectivity index (χ0) is 13.0. The molecule has 2 N–H and O–H groups in total. The highest BCUT2D eigenvalue weighted by atomic mass is 16.2. The van der Waals surface area contributed by atoms with Crippen LogP contribution in [0.2, 0.25) is 0 Å². The maximum Gasteiger partial charge on any atom is 0.272 e. The minimum absolute atomic E-state index is 0.0190. The van der Waals surface area contributed by atoms with Crippen molar-refractivity contribution in [1.82, 2.24) is 9.88 Å². The summed E-state index contributed by atoms with van der Waals surface area (Å²) in [6.07, 6.45) is 7.65. The summed E-state index contributed by atoms with van der Waals surface area (Å²) in [5.41, 5.74) is 6.98. The van der Waals surface area contributed by atoms with Gasteiger partial charge in [-0.3, -0.25) is 9.78 Å². The van der Waals surface area contributed by atoms with Crippen LogP contribution in [0.1, 0.15) is 48.2 Å². The minimum Gasteiger partial charge on any atom is -0.337 e. The van der Waals surface area contributed by atoms with Crippen molar-refractivity contribution in [3.05, 3.63) is 29.6 Å². The van der Waals surface area contributed by atoms with Crippen molar-refractivity contribution in [3.8, 4) is 0 Å². The van der Waals surface area contributed by atoms with Gasteiger partial charge in [0, 0.05) is 25.8 Å². The normalized spacial score (nSPS) is 16.6. The Hall–Kier alpha value is -1.42. The number of pyridine rings is 1. The number of aromatic nitrogens is 1. The lowest BCUT2D eigenvalue weighted by molar-refractivity contribution is 0.0690. The molecule has 0 aliphatic heterocycles. The van der Waals surface area contributed by atoms with Crippen LogP contribution in [-0.2, 0) is 6.54 Å². The van der Waals surface area contributed by atoms with Gasteiger partial charge in [0.1, 0.15) is 5.69 Å². The molecule has 1 heterocycles. The number of rotatable bonds is 3. The molecule has 98 valence electrons. The van der Waals surface area contributed by atoms with Crippen molar-refractivity contribution >= 4 is 5.91 Å². The standard InChI is InChI=1S/C14H21N3O/c1-17(12-5-3-2-4-6-12)14(18)13-8-7-11(9-15)10-16-13/h7-8,10,12H,2-6,9,15H2,1H3. The first-order valence-corrected chi connectivity index (χ1v) is 6.64. The van der Waals surface area contributed by atoms with Crippen molar-refractivity contribution in [2.24, 2.45) is 5.73 Å². The third-order valence-corrected chi connectivity index (χ3v) is 3.72. The highest BCUT2D eigenvalue weighted by Gasteiger charge is 2.23. The van der Waals surface area contributed by atoms with E-state index >= 15 is 0 Å². The van der Waals surface area contributed by atoms with Crippen LogP contribution in [0.25, 0.3) is 0 Å². The molecule has 1 amide bonds. The predicted molar refractivity (Wildman–Crippen MR) is 71.1 cm³/mol. The zero-order valence-corrected chi connectivity index (χ0v) is 10.9. The van der Waals surface area contributed by atoms with Crippen molar-refractivity contribution in [2.45, 2.75) is 44.7 Å². The minimum atomic E-state index is 0.0190. The van der Waals surface area contributed by atoms with Crippen LogP contribution in [0.4, 0.5) is 0 Å². The van der Waals surface area contributed by atoms with Gasteiger partial charge >= 0.3 is 0 Å². The fraction of sp³-hybridized carbons (Fsp3) is 0.571. The monoisotopic (exact) mass is 247 g/mol. The van der Waals surface area contributed by atoms with Gasteiger partial charge in [-0.05, 0) is 24.5 Å². The molecule has 1 fully saturated rings. The smallest absolute Gasteiger partial charge is 0.272 e. The molecule has 0 bridgehead atoms. The zero-order valence-electron chi connectivity index (χ0n) is 10.9. The van der Waals surface area contributed by atoms with E-state index in [1.165, 1.54) is 19.3 Å². The molecule has 0 atom stereocenters. The van der Waals surface area contributed by atoms with E-state index in [0.29, 0.717) is 18.3 Å². The number of nitrogens with zero attached hydrogens (tertiary/aromatic N) is 2. The molecular formula is C14H21N3O. The van der Waals surface area contributed by atoms with E-state index in [-0.39, 0.29) is 5.91 Å². The molecule has 1 saturated carbocycles. The fourth-order valence-corrected chi connectivity index (χ4v) is 2.49. The van der Waals surface area contributed by atoms with E-state index in [1.54, 1.807) is 12.3 Å². The number of nitrogens with two attached hydrogens (primary N) is 1. The molecule has 0 spiro atoms. The quantitative estimate of drug-likeness (QED) is 0.888. The van der Waals surface area contributed by atoms with Gasteiger partial charge in [-0.2, -0.15) is 0 Å². The molecule has 1 aliphatic carbocycles. The molecule has 1 aromatic rings. The van der Waals surface area contributed by atoms with Crippen LogP contribution in [0.3, 0.4) is 0 Å². The molecule has 4 heteroatoms. The van der Waals surface area contributed by atoms with Crippen LogP contribution in [-0.4, -0.2) is 28.9 Å². The number of carbonyl (C=O) groups excluding carboxylic acids is 1. The lowest BCUT2D eigenvalue weighted by Gasteiger charge is -2.31. The second kappa shape index (κ2) is 5.96. The van der Waals surface area contributed by atoms with Gasteiger partial charge < -0.3 is 10.6 Å². The van der Waals surface area contributed by atoms with E-state index in [0.717, 1.165) is 18.4 Å². The molecule has 18 heavy (non-hydrogen) atoms. The lowest BCUT2D eigenvalue weighted by Crippen LogP contribution is -2.38.